The average molecular weight is 425 g/mol. The maximum absolute atomic E-state index is 14.6. The fourth-order valence-electron chi connectivity index (χ4n) is 3.23. The van der Waals surface area contributed by atoms with Gasteiger partial charge in [0.15, 0.2) is 5.65 Å². The lowest BCUT2D eigenvalue weighted by molar-refractivity contribution is 0.616. The molecule has 0 radical (unpaired) electrons. The van der Waals surface area contributed by atoms with E-state index in [4.69, 9.17) is 16.6 Å². The number of thioether (sulfide) groups is 1. The molecule has 0 fully saturated rings. The van der Waals surface area contributed by atoms with Crippen molar-refractivity contribution < 1.29 is 4.39 Å². The number of aromatic nitrogens is 4. The summed E-state index contributed by atoms with van der Waals surface area (Å²) >= 11 is 7.87. The second-order valence-corrected chi connectivity index (χ2v) is 7.78. The molecule has 1 atom stereocenters. The van der Waals surface area contributed by atoms with Crippen LogP contribution in [0.15, 0.2) is 65.1 Å². The maximum Gasteiger partial charge on any atom is 0.181 e. The first kappa shape index (κ1) is 18.1. The number of halogens is 2. The molecule has 1 aliphatic heterocycles. The van der Waals surface area contributed by atoms with Gasteiger partial charge in [0.1, 0.15) is 28.9 Å². The van der Waals surface area contributed by atoms with E-state index >= 15 is 0 Å². The van der Waals surface area contributed by atoms with Crippen molar-refractivity contribution in [2.45, 2.75) is 11.2 Å². The van der Waals surface area contributed by atoms with Crippen molar-refractivity contribution in [2.24, 2.45) is 4.99 Å². The lowest BCUT2D eigenvalue weighted by Crippen LogP contribution is -2.44. The molecule has 144 valence electrons. The van der Waals surface area contributed by atoms with Crippen molar-refractivity contribution in [2.75, 3.05) is 10.7 Å². The number of anilines is 1. The van der Waals surface area contributed by atoms with E-state index in [1.54, 1.807) is 30.6 Å². The highest BCUT2D eigenvalue weighted by atomic mass is 35.5. The molecule has 0 aliphatic carbocycles. The third-order valence-electron chi connectivity index (χ3n) is 4.60. The van der Waals surface area contributed by atoms with E-state index in [9.17, 15) is 4.39 Å². The molecule has 0 bridgehead atoms. The van der Waals surface area contributed by atoms with E-state index in [-0.39, 0.29) is 12.0 Å². The van der Waals surface area contributed by atoms with Crippen LogP contribution in [0, 0.1) is 5.82 Å². The number of fused-ring (bicyclic) bond motifs is 2. The zero-order valence-corrected chi connectivity index (χ0v) is 16.5. The number of para-hydroxylation sites is 1. The number of hydrogen-bond donors (Lipinski definition) is 1. The first-order valence-corrected chi connectivity index (χ1v) is 10.2. The molecular weight excluding hydrogens is 411 g/mol. The number of imidazole rings is 1. The fourth-order valence-corrected chi connectivity index (χ4v) is 4.41. The molecule has 0 amide bonds. The van der Waals surface area contributed by atoms with E-state index < -0.39 is 0 Å². The average Bonchev–Trinajstić information content (AvgIpc) is 3.22. The van der Waals surface area contributed by atoms with Crippen LogP contribution < -0.4 is 15.5 Å². The zero-order chi connectivity index (χ0) is 19.8. The van der Waals surface area contributed by atoms with Crippen molar-refractivity contribution in [1.82, 2.24) is 19.9 Å². The quantitative estimate of drug-likeness (QED) is 0.402. The van der Waals surface area contributed by atoms with Gasteiger partial charge in [-0.2, -0.15) is 0 Å². The maximum atomic E-state index is 14.6. The third-order valence-corrected chi connectivity index (χ3v) is 5.97. The predicted octanol–water partition coefficient (Wildman–Crippen LogP) is 3.14. The van der Waals surface area contributed by atoms with Gasteiger partial charge in [0, 0.05) is 17.2 Å². The van der Waals surface area contributed by atoms with Crippen molar-refractivity contribution in [3.63, 3.8) is 0 Å². The highest BCUT2D eigenvalue weighted by molar-refractivity contribution is 7.99. The molecule has 2 aromatic carbocycles. The summed E-state index contributed by atoms with van der Waals surface area (Å²) < 4.78 is 14.6. The van der Waals surface area contributed by atoms with E-state index in [2.05, 4.69) is 19.9 Å². The number of H-pyrrole nitrogens is 1. The van der Waals surface area contributed by atoms with Gasteiger partial charge in [0.2, 0.25) is 0 Å². The van der Waals surface area contributed by atoms with Crippen molar-refractivity contribution in [1.29, 1.82) is 0 Å². The van der Waals surface area contributed by atoms with Crippen LogP contribution >= 0.6 is 23.4 Å². The normalized spacial score (nSPS) is 15.7. The SMILES string of the molecule is Fc1ccccc1N1C=c2c(Cl)cccc2=NC1CSc1ncnc2nc[nH]c12. The van der Waals surface area contributed by atoms with Crippen molar-refractivity contribution >= 4 is 46.4 Å². The summed E-state index contributed by atoms with van der Waals surface area (Å²) in [5.74, 6) is 0.226. The molecule has 1 unspecified atom stereocenters. The fraction of sp³-hybridized carbons (Fsp3) is 0.100. The van der Waals surface area contributed by atoms with Gasteiger partial charge in [0.25, 0.3) is 0 Å². The molecule has 9 heteroatoms. The van der Waals surface area contributed by atoms with E-state index in [1.807, 2.05) is 23.2 Å². The summed E-state index contributed by atoms with van der Waals surface area (Å²) in [6.45, 7) is 0. The van der Waals surface area contributed by atoms with Crippen LogP contribution in [0.3, 0.4) is 0 Å². The molecule has 5 rings (SSSR count). The molecule has 1 aliphatic rings. The van der Waals surface area contributed by atoms with Gasteiger partial charge in [-0.15, -0.1) is 0 Å². The minimum absolute atomic E-state index is 0.317. The summed E-state index contributed by atoms with van der Waals surface area (Å²) in [6, 6.07) is 12.2. The molecule has 4 aromatic rings. The Kier molecular flexibility index (Phi) is 4.65. The van der Waals surface area contributed by atoms with Crippen LogP contribution in [0.2, 0.25) is 5.02 Å². The van der Waals surface area contributed by atoms with Gasteiger partial charge in [0.05, 0.1) is 22.4 Å². The van der Waals surface area contributed by atoms with E-state index in [0.29, 0.717) is 22.1 Å². The molecule has 1 N–H and O–H groups in total. The lowest BCUT2D eigenvalue weighted by atomic mass is 10.2. The van der Waals surface area contributed by atoms with Crippen LogP contribution in [0.25, 0.3) is 17.4 Å². The molecule has 2 aromatic heterocycles. The topological polar surface area (TPSA) is 70.1 Å². The summed E-state index contributed by atoms with van der Waals surface area (Å²) in [5.41, 5.74) is 1.83. The van der Waals surface area contributed by atoms with Crippen molar-refractivity contribution in [3.05, 3.63) is 76.5 Å². The van der Waals surface area contributed by atoms with Crippen LogP contribution in [-0.2, 0) is 0 Å². The Morgan fingerprint density at radius 1 is 1.10 bits per heavy atom. The Morgan fingerprint density at radius 3 is 2.90 bits per heavy atom. The Morgan fingerprint density at radius 2 is 2.00 bits per heavy atom. The van der Waals surface area contributed by atoms with Gasteiger partial charge < -0.3 is 9.88 Å². The zero-order valence-electron chi connectivity index (χ0n) is 15.0. The Labute approximate surface area is 174 Å². The number of rotatable bonds is 4. The van der Waals surface area contributed by atoms with Crippen LogP contribution in [0.5, 0.6) is 0 Å². The molecule has 0 saturated heterocycles. The highest BCUT2D eigenvalue weighted by Gasteiger charge is 2.23. The number of hydrogen-bond acceptors (Lipinski definition) is 6. The van der Waals surface area contributed by atoms with Crippen LogP contribution in [0.4, 0.5) is 10.1 Å². The smallest absolute Gasteiger partial charge is 0.181 e. The summed E-state index contributed by atoms with van der Waals surface area (Å²) in [7, 11) is 0. The summed E-state index contributed by atoms with van der Waals surface area (Å²) in [6.07, 6.45) is 4.60. The molecular formula is C20H14ClFN6S. The number of benzene rings is 2. The lowest BCUT2D eigenvalue weighted by Gasteiger charge is -2.30. The van der Waals surface area contributed by atoms with Crippen LogP contribution in [-0.4, -0.2) is 31.9 Å². The van der Waals surface area contributed by atoms with Gasteiger partial charge in [-0.25, -0.2) is 19.3 Å². The van der Waals surface area contributed by atoms with Crippen molar-refractivity contribution in [3.8, 4) is 0 Å². The standard InChI is InChI=1S/C20H14ClFN6S/c21-13-4-3-6-15-12(13)8-28(16-7-2-1-5-14(16)22)17(27-15)9-29-20-18-19(24-10-23-18)25-11-26-20/h1-8,10-11,17H,9H2,(H,23,24,25,26). The summed E-state index contributed by atoms with van der Waals surface area (Å²) in [4.78, 5) is 22.4. The number of nitrogens with one attached hydrogen (secondary N) is 1. The van der Waals surface area contributed by atoms with E-state index in [1.165, 1.54) is 24.2 Å². The largest absolute Gasteiger partial charge is 0.341 e. The molecule has 0 saturated carbocycles. The Bertz CT molecular complexity index is 1320. The van der Waals surface area contributed by atoms with E-state index in [0.717, 1.165) is 21.1 Å². The monoisotopic (exact) mass is 424 g/mol. The highest BCUT2D eigenvalue weighted by Crippen LogP contribution is 2.28. The van der Waals surface area contributed by atoms with Gasteiger partial charge in [-0.3, -0.25) is 4.99 Å². The van der Waals surface area contributed by atoms with Gasteiger partial charge in [-0.05, 0) is 24.3 Å². The second-order valence-electron chi connectivity index (χ2n) is 6.36. The minimum Gasteiger partial charge on any atom is -0.341 e. The van der Waals surface area contributed by atoms with Gasteiger partial charge in [-0.1, -0.05) is 41.6 Å². The molecule has 3 heterocycles. The summed E-state index contributed by atoms with van der Waals surface area (Å²) in [5, 5.41) is 2.91. The van der Waals surface area contributed by atoms with Crippen LogP contribution in [0.1, 0.15) is 0 Å². The molecule has 0 spiro atoms. The first-order valence-electron chi connectivity index (χ1n) is 8.84. The number of nitrogens with zero attached hydrogens (tertiary/aromatic N) is 5. The first-order chi connectivity index (χ1) is 14.2. The molecule has 29 heavy (non-hydrogen) atoms. The molecule has 6 nitrogen and oxygen atoms in total. The van der Waals surface area contributed by atoms with Gasteiger partial charge >= 0.3 is 0 Å². The minimum atomic E-state index is -0.337. The Balaban J connectivity index is 1.55. The Hall–Kier alpha value is -2.97. The second kappa shape index (κ2) is 7.46. The number of aromatic amines is 1. The third kappa shape index (κ3) is 3.34. The predicted molar refractivity (Wildman–Crippen MR) is 112 cm³/mol.